The van der Waals surface area contributed by atoms with Crippen molar-refractivity contribution in [1.82, 2.24) is 0 Å². The molecule has 4 aliphatic rings. The molecule has 3 saturated carbocycles. The van der Waals surface area contributed by atoms with Crippen LogP contribution in [0.25, 0.3) is 0 Å². The highest BCUT2D eigenvalue weighted by Gasteiger charge is 2.55. The zero-order chi connectivity index (χ0) is 13.9. The molecule has 0 unspecified atom stereocenters. The van der Waals surface area contributed by atoms with Gasteiger partial charge in [-0.15, -0.1) is 0 Å². The molecule has 2 nitrogen and oxygen atoms in total. The number of carbonyl (C=O) groups is 2. The lowest BCUT2D eigenvalue weighted by Crippen LogP contribution is -2.46. The Balaban J connectivity index is 1.65. The largest absolute Gasteiger partial charge is 0.299 e. The molecular weight excluding hydrogens is 248 g/mol. The molecule has 0 N–H and O–H groups in total. The van der Waals surface area contributed by atoms with Gasteiger partial charge in [0, 0.05) is 18.3 Å². The van der Waals surface area contributed by atoms with E-state index in [9.17, 15) is 9.59 Å². The number of fused-ring (bicyclic) bond motifs is 5. The van der Waals surface area contributed by atoms with Gasteiger partial charge in [-0.3, -0.25) is 9.59 Å². The Morgan fingerprint density at radius 2 is 1.85 bits per heavy atom. The van der Waals surface area contributed by atoms with Crippen LogP contribution in [0.2, 0.25) is 0 Å². The average Bonchev–Trinajstić information content (AvgIpc) is 2.74. The van der Waals surface area contributed by atoms with Crippen molar-refractivity contribution in [3.05, 3.63) is 11.6 Å². The average molecular weight is 272 g/mol. The molecule has 20 heavy (non-hydrogen) atoms. The van der Waals surface area contributed by atoms with Gasteiger partial charge in [0.05, 0.1) is 0 Å². The van der Waals surface area contributed by atoms with E-state index in [1.54, 1.807) is 0 Å². The van der Waals surface area contributed by atoms with Crippen molar-refractivity contribution in [2.45, 2.75) is 58.3 Å². The van der Waals surface area contributed by atoms with Crippen LogP contribution in [0.1, 0.15) is 58.3 Å². The molecule has 3 fully saturated rings. The maximum atomic E-state index is 12.3. The number of hydrogen-bond donors (Lipinski definition) is 0. The summed E-state index contributed by atoms with van der Waals surface area (Å²) in [6, 6.07) is 0. The molecule has 0 heterocycles. The summed E-state index contributed by atoms with van der Waals surface area (Å²) in [5.41, 5.74) is 1.43. The maximum absolute atomic E-state index is 12.3. The second kappa shape index (κ2) is 4.29. The molecule has 4 rings (SSSR count). The molecule has 4 aliphatic carbocycles. The highest BCUT2D eigenvalue weighted by atomic mass is 16.1. The summed E-state index contributed by atoms with van der Waals surface area (Å²) in [6.45, 7) is 2.24. The van der Waals surface area contributed by atoms with Crippen LogP contribution in [0.5, 0.6) is 0 Å². The second-order valence-electron chi connectivity index (χ2n) is 7.72. The Morgan fingerprint density at radius 3 is 2.70 bits per heavy atom. The molecule has 5 atom stereocenters. The van der Waals surface area contributed by atoms with E-state index in [-0.39, 0.29) is 5.41 Å². The number of ketones is 2. The molecule has 0 aromatic carbocycles. The van der Waals surface area contributed by atoms with Crippen molar-refractivity contribution in [2.24, 2.45) is 29.1 Å². The minimum Gasteiger partial charge on any atom is -0.299 e. The van der Waals surface area contributed by atoms with Crippen LogP contribution in [0.3, 0.4) is 0 Å². The van der Waals surface area contributed by atoms with Gasteiger partial charge in [0.2, 0.25) is 0 Å². The molecule has 0 spiro atoms. The summed E-state index contributed by atoms with van der Waals surface area (Å²) in [4.78, 5) is 23.9. The molecule has 0 aromatic heterocycles. The second-order valence-corrected chi connectivity index (χ2v) is 7.72. The third kappa shape index (κ3) is 1.63. The predicted molar refractivity (Wildman–Crippen MR) is 77.1 cm³/mol. The minimum atomic E-state index is -0.00707. The van der Waals surface area contributed by atoms with E-state index in [1.165, 1.54) is 18.4 Å². The summed E-state index contributed by atoms with van der Waals surface area (Å²) in [6.07, 6.45) is 10.3. The first-order valence-electron chi connectivity index (χ1n) is 8.36. The van der Waals surface area contributed by atoms with Crippen LogP contribution in [-0.2, 0) is 9.59 Å². The Hall–Kier alpha value is -0.920. The summed E-state index contributed by atoms with van der Waals surface area (Å²) in [5.74, 6) is 3.66. The van der Waals surface area contributed by atoms with Gasteiger partial charge in [0.15, 0.2) is 5.78 Å². The number of Topliss-reactive ketones (excluding diaryl/α,β-unsaturated/α-hetero) is 1. The molecule has 0 aliphatic heterocycles. The van der Waals surface area contributed by atoms with E-state index in [4.69, 9.17) is 0 Å². The van der Waals surface area contributed by atoms with Crippen LogP contribution >= 0.6 is 0 Å². The van der Waals surface area contributed by atoms with E-state index in [2.05, 4.69) is 6.92 Å². The van der Waals surface area contributed by atoms with Crippen molar-refractivity contribution in [3.63, 3.8) is 0 Å². The quantitative estimate of drug-likeness (QED) is 0.674. The van der Waals surface area contributed by atoms with E-state index in [0.717, 1.165) is 50.4 Å². The van der Waals surface area contributed by atoms with Gasteiger partial charge < -0.3 is 0 Å². The zero-order valence-electron chi connectivity index (χ0n) is 12.4. The van der Waals surface area contributed by atoms with Crippen molar-refractivity contribution in [3.8, 4) is 0 Å². The molecule has 0 radical (unpaired) electrons. The Morgan fingerprint density at radius 1 is 1.00 bits per heavy atom. The lowest BCUT2D eigenvalue weighted by atomic mass is 9.52. The molecule has 108 valence electrons. The number of allylic oxidation sites excluding steroid dienone is 1. The molecule has 0 aromatic rings. The third-order valence-corrected chi connectivity index (χ3v) is 7.01. The normalized spacial score (nSPS) is 47.4. The topological polar surface area (TPSA) is 34.1 Å². The third-order valence-electron chi connectivity index (χ3n) is 7.01. The lowest BCUT2D eigenvalue weighted by Gasteiger charge is -2.52. The van der Waals surface area contributed by atoms with Crippen LogP contribution < -0.4 is 0 Å². The Labute approximate surface area is 121 Å². The standard InChI is InChI=1S/C18H24O2/c1-18-9-8-14-13-5-3-12(19)10-11(13)2-4-15(14)16(18)6-7-17(18)20/h10,13-16H,2-9H2,1H3/t13-,14+,15+,16-,18-/m0/s1. The van der Waals surface area contributed by atoms with Crippen LogP contribution in [0.4, 0.5) is 0 Å². The molecule has 0 amide bonds. The first-order valence-corrected chi connectivity index (χ1v) is 8.36. The van der Waals surface area contributed by atoms with Crippen LogP contribution in [-0.4, -0.2) is 11.6 Å². The van der Waals surface area contributed by atoms with Crippen molar-refractivity contribution in [1.29, 1.82) is 0 Å². The summed E-state index contributed by atoms with van der Waals surface area (Å²) >= 11 is 0. The minimum absolute atomic E-state index is 0.00707. The fraction of sp³-hybridized carbons (Fsp3) is 0.778. The molecular formula is C18H24O2. The number of carbonyl (C=O) groups excluding carboxylic acids is 2. The van der Waals surface area contributed by atoms with Crippen molar-refractivity contribution < 1.29 is 9.59 Å². The molecule has 0 bridgehead atoms. The van der Waals surface area contributed by atoms with Gasteiger partial charge in [-0.05, 0) is 68.3 Å². The SMILES string of the molecule is C[C@]12CC[C@H]3[C@@H](CCC4=CC(=O)CC[C@@H]43)[C@@H]1CCC2=O. The molecule has 2 heteroatoms. The smallest absolute Gasteiger partial charge is 0.155 e. The summed E-state index contributed by atoms with van der Waals surface area (Å²) in [7, 11) is 0. The van der Waals surface area contributed by atoms with E-state index in [0.29, 0.717) is 23.4 Å². The lowest BCUT2D eigenvalue weighted by molar-refractivity contribution is -0.131. The maximum Gasteiger partial charge on any atom is 0.155 e. The first kappa shape index (κ1) is 12.8. The number of hydrogen-bond acceptors (Lipinski definition) is 2. The van der Waals surface area contributed by atoms with Crippen molar-refractivity contribution >= 4 is 11.6 Å². The predicted octanol–water partition coefficient (Wildman–Crippen LogP) is 3.70. The Kier molecular flexibility index (Phi) is 2.74. The van der Waals surface area contributed by atoms with Crippen LogP contribution in [0.15, 0.2) is 11.6 Å². The van der Waals surface area contributed by atoms with Gasteiger partial charge in [-0.25, -0.2) is 0 Å². The van der Waals surface area contributed by atoms with Gasteiger partial charge >= 0.3 is 0 Å². The van der Waals surface area contributed by atoms with E-state index < -0.39 is 0 Å². The monoisotopic (exact) mass is 272 g/mol. The Bertz CT molecular complexity index is 504. The van der Waals surface area contributed by atoms with Gasteiger partial charge in [0.25, 0.3) is 0 Å². The van der Waals surface area contributed by atoms with E-state index >= 15 is 0 Å². The highest BCUT2D eigenvalue weighted by molar-refractivity contribution is 5.91. The summed E-state index contributed by atoms with van der Waals surface area (Å²) in [5, 5.41) is 0. The summed E-state index contributed by atoms with van der Waals surface area (Å²) < 4.78 is 0. The molecule has 0 saturated heterocycles. The van der Waals surface area contributed by atoms with E-state index in [1.807, 2.05) is 6.08 Å². The van der Waals surface area contributed by atoms with Gasteiger partial charge in [0.1, 0.15) is 5.78 Å². The number of rotatable bonds is 0. The van der Waals surface area contributed by atoms with Gasteiger partial charge in [-0.1, -0.05) is 12.5 Å². The fourth-order valence-electron chi connectivity index (χ4n) is 5.95. The first-order chi connectivity index (χ1) is 9.59. The highest BCUT2D eigenvalue weighted by Crippen LogP contribution is 2.60. The fourth-order valence-corrected chi connectivity index (χ4v) is 5.95. The zero-order valence-corrected chi connectivity index (χ0v) is 12.4. The van der Waals surface area contributed by atoms with Crippen LogP contribution in [0, 0.1) is 29.1 Å². The van der Waals surface area contributed by atoms with Crippen molar-refractivity contribution in [2.75, 3.05) is 0 Å². The van der Waals surface area contributed by atoms with Gasteiger partial charge in [-0.2, -0.15) is 0 Å².